The van der Waals surface area contributed by atoms with Crippen LogP contribution in [0.3, 0.4) is 0 Å². The van der Waals surface area contributed by atoms with Crippen LogP contribution < -0.4 is 14.5 Å². The summed E-state index contributed by atoms with van der Waals surface area (Å²) in [5.74, 6) is 0.461. The van der Waals surface area contributed by atoms with E-state index >= 15 is 4.39 Å². The normalized spacial score (nSPS) is 16.3. The summed E-state index contributed by atoms with van der Waals surface area (Å²) in [5, 5.41) is 0. The zero-order valence-corrected chi connectivity index (χ0v) is 22.7. The molecule has 4 aromatic rings. The number of para-hydroxylation sites is 2. The minimum Gasteiger partial charge on any atom is -0.466 e. The summed E-state index contributed by atoms with van der Waals surface area (Å²) in [6, 6.07) is 9.62. The van der Waals surface area contributed by atoms with E-state index in [-0.39, 0.29) is 11.7 Å². The van der Waals surface area contributed by atoms with Crippen molar-refractivity contribution in [2.24, 2.45) is 5.41 Å². The Morgan fingerprint density at radius 2 is 1.80 bits per heavy atom. The number of hydrogen-bond donors (Lipinski definition) is 0. The summed E-state index contributed by atoms with van der Waals surface area (Å²) in [6.45, 7) is 3.33. The molecule has 4 heterocycles. The van der Waals surface area contributed by atoms with E-state index in [1.54, 1.807) is 48.5 Å². The van der Waals surface area contributed by atoms with Gasteiger partial charge in [0.1, 0.15) is 11.6 Å². The van der Waals surface area contributed by atoms with E-state index in [0.29, 0.717) is 85.4 Å². The van der Waals surface area contributed by atoms with Gasteiger partial charge in [0.2, 0.25) is 11.9 Å². The second-order valence-corrected chi connectivity index (χ2v) is 10.4. The molecule has 0 atom stereocenters. The molecule has 2 aliphatic rings. The Morgan fingerprint density at radius 1 is 1.07 bits per heavy atom. The highest BCUT2D eigenvalue weighted by Crippen LogP contribution is 2.40. The van der Waals surface area contributed by atoms with Crippen molar-refractivity contribution in [3.05, 3.63) is 54.6 Å². The number of aromatic nitrogens is 4. The van der Waals surface area contributed by atoms with E-state index in [1.807, 2.05) is 16.4 Å². The molecule has 0 saturated carbocycles. The molecule has 2 aromatic carbocycles. The highest BCUT2D eigenvalue weighted by molar-refractivity contribution is 5.86. The molecule has 41 heavy (non-hydrogen) atoms. The number of nitrogens with zero attached hydrogens (tertiary/aromatic N) is 6. The van der Waals surface area contributed by atoms with E-state index in [2.05, 4.69) is 9.97 Å². The summed E-state index contributed by atoms with van der Waals surface area (Å²) >= 11 is 0. The van der Waals surface area contributed by atoms with Gasteiger partial charge in [-0.05, 0) is 44.9 Å². The minimum absolute atomic E-state index is 0.0475. The molecule has 0 N–H and O–H groups in total. The summed E-state index contributed by atoms with van der Waals surface area (Å²) in [4.78, 5) is 29.8. The topological polar surface area (TPSA) is 85.6 Å². The molecular weight excluding hydrogens is 537 g/mol. The molecule has 6 rings (SSSR count). The first-order valence-corrected chi connectivity index (χ1v) is 13.5. The van der Waals surface area contributed by atoms with Gasteiger partial charge in [-0.25, -0.2) is 19.3 Å². The lowest BCUT2D eigenvalue weighted by Gasteiger charge is -2.37. The fourth-order valence-electron chi connectivity index (χ4n) is 5.52. The number of alkyl halides is 2. The predicted molar refractivity (Wildman–Crippen MR) is 147 cm³/mol. The van der Waals surface area contributed by atoms with Gasteiger partial charge in [-0.15, -0.1) is 0 Å². The van der Waals surface area contributed by atoms with Crippen LogP contribution in [0.15, 0.2) is 48.8 Å². The number of carbonyl (C=O) groups is 1. The molecule has 214 valence electrons. The zero-order chi connectivity index (χ0) is 28.7. The molecule has 1 saturated heterocycles. The van der Waals surface area contributed by atoms with Crippen LogP contribution in [0.1, 0.15) is 26.7 Å². The van der Waals surface area contributed by atoms with Crippen molar-refractivity contribution in [3.8, 4) is 16.9 Å². The zero-order valence-electron chi connectivity index (χ0n) is 22.7. The maximum atomic E-state index is 15.4. The average molecular weight is 567 g/mol. The highest BCUT2D eigenvalue weighted by atomic mass is 19.3. The van der Waals surface area contributed by atoms with Gasteiger partial charge in [-0.3, -0.25) is 4.79 Å². The summed E-state index contributed by atoms with van der Waals surface area (Å²) < 4.78 is 53.2. The van der Waals surface area contributed by atoms with Gasteiger partial charge in [0.05, 0.1) is 28.7 Å². The van der Waals surface area contributed by atoms with Crippen LogP contribution in [0.25, 0.3) is 22.2 Å². The standard InChI is InChI=1S/C29H29F3N6O3/c1-3-40-25(39)29(2)8-10-36(11-9-29)27-33-16-18(17-34-27)19-14-21-23(15-20(19)30)38-13-12-37(28(38)35-21)22-6-4-5-7-24(22)41-26(31)32/h4-7,14-17,26H,3,8-13H2,1-2H3. The summed E-state index contributed by atoms with van der Waals surface area (Å²) in [5.41, 5.74) is 1.92. The van der Waals surface area contributed by atoms with Gasteiger partial charge in [0.25, 0.3) is 0 Å². The van der Waals surface area contributed by atoms with Gasteiger partial charge in [0.15, 0.2) is 0 Å². The van der Waals surface area contributed by atoms with E-state index in [9.17, 15) is 13.6 Å². The van der Waals surface area contributed by atoms with Gasteiger partial charge in [-0.2, -0.15) is 8.78 Å². The molecule has 2 aromatic heterocycles. The van der Waals surface area contributed by atoms with Crippen LogP contribution in [0, 0.1) is 11.2 Å². The van der Waals surface area contributed by atoms with Crippen LogP contribution in [0.2, 0.25) is 0 Å². The van der Waals surface area contributed by atoms with E-state index < -0.39 is 17.8 Å². The van der Waals surface area contributed by atoms with Crippen LogP contribution >= 0.6 is 0 Å². The molecule has 0 aliphatic carbocycles. The summed E-state index contributed by atoms with van der Waals surface area (Å²) in [6.07, 6.45) is 4.42. The first-order valence-electron chi connectivity index (χ1n) is 13.5. The van der Waals surface area contributed by atoms with Crippen LogP contribution in [0.5, 0.6) is 5.75 Å². The van der Waals surface area contributed by atoms with Crippen molar-refractivity contribution in [1.82, 2.24) is 19.5 Å². The minimum atomic E-state index is -2.96. The van der Waals surface area contributed by atoms with E-state index in [4.69, 9.17) is 14.5 Å². The second-order valence-electron chi connectivity index (χ2n) is 10.4. The number of rotatable bonds is 7. The van der Waals surface area contributed by atoms with Crippen molar-refractivity contribution in [3.63, 3.8) is 0 Å². The lowest BCUT2D eigenvalue weighted by molar-refractivity contribution is -0.155. The van der Waals surface area contributed by atoms with Crippen molar-refractivity contribution in [2.75, 3.05) is 36.0 Å². The van der Waals surface area contributed by atoms with Gasteiger partial charge < -0.3 is 23.8 Å². The Balaban J connectivity index is 1.24. The molecule has 0 radical (unpaired) electrons. The largest absolute Gasteiger partial charge is 0.466 e. The first kappa shape index (κ1) is 26.9. The number of imidazole rings is 1. The maximum Gasteiger partial charge on any atom is 0.387 e. The maximum absolute atomic E-state index is 15.4. The number of hydrogen-bond acceptors (Lipinski definition) is 8. The molecule has 0 amide bonds. The Bertz CT molecular complexity index is 1580. The van der Waals surface area contributed by atoms with Crippen molar-refractivity contribution in [1.29, 1.82) is 0 Å². The van der Waals surface area contributed by atoms with E-state index in [0.717, 1.165) is 0 Å². The number of piperidine rings is 1. The smallest absolute Gasteiger partial charge is 0.387 e. The number of halogens is 3. The van der Waals surface area contributed by atoms with Crippen LogP contribution in [0.4, 0.5) is 30.8 Å². The fourth-order valence-corrected chi connectivity index (χ4v) is 5.52. The van der Waals surface area contributed by atoms with Gasteiger partial charge in [-0.1, -0.05) is 12.1 Å². The van der Waals surface area contributed by atoms with Gasteiger partial charge in [0, 0.05) is 55.8 Å². The highest BCUT2D eigenvalue weighted by Gasteiger charge is 2.38. The van der Waals surface area contributed by atoms with Crippen molar-refractivity contribution >= 4 is 34.6 Å². The number of benzene rings is 2. The van der Waals surface area contributed by atoms with Crippen LogP contribution in [-0.2, 0) is 16.1 Å². The van der Waals surface area contributed by atoms with Crippen molar-refractivity contribution < 1.29 is 27.4 Å². The molecule has 0 spiro atoms. The molecule has 0 bridgehead atoms. The number of carbonyl (C=O) groups excluding carboxylic acids is 1. The lowest BCUT2D eigenvalue weighted by Crippen LogP contribution is -2.44. The second kappa shape index (κ2) is 10.6. The Hall–Kier alpha value is -4.35. The number of esters is 1. The molecule has 0 unspecified atom stereocenters. The quantitative estimate of drug-likeness (QED) is 0.269. The first-order chi connectivity index (χ1) is 19.8. The summed E-state index contributed by atoms with van der Waals surface area (Å²) in [7, 11) is 0. The third-order valence-corrected chi connectivity index (χ3v) is 7.84. The molecule has 12 heteroatoms. The molecule has 1 fully saturated rings. The lowest BCUT2D eigenvalue weighted by atomic mass is 9.80. The average Bonchev–Trinajstić information content (AvgIpc) is 3.53. The Kier molecular flexibility index (Phi) is 6.92. The SMILES string of the molecule is CCOC(=O)C1(C)CCN(c2ncc(-c3cc4nc5n(c4cc3F)CCN5c3ccccc3OC(F)F)cn2)CC1. The Morgan fingerprint density at radius 3 is 2.51 bits per heavy atom. The number of ether oxygens (including phenoxy) is 2. The molecule has 2 aliphatic heterocycles. The Labute approximate surface area is 234 Å². The van der Waals surface area contributed by atoms with Gasteiger partial charge >= 0.3 is 12.6 Å². The monoisotopic (exact) mass is 566 g/mol. The van der Waals surface area contributed by atoms with E-state index in [1.165, 1.54) is 12.1 Å². The number of anilines is 3. The predicted octanol–water partition coefficient (Wildman–Crippen LogP) is 5.56. The third-order valence-electron chi connectivity index (χ3n) is 7.84. The molecular formula is C29H29F3N6O3. The third kappa shape index (κ3) is 4.91. The molecule has 9 nitrogen and oxygen atoms in total. The fraction of sp³-hybridized carbons (Fsp3) is 0.379. The van der Waals surface area contributed by atoms with Crippen LogP contribution in [-0.4, -0.2) is 58.3 Å². The number of fused-ring (bicyclic) bond motifs is 3. The van der Waals surface area contributed by atoms with Crippen molar-refractivity contribution in [2.45, 2.75) is 39.8 Å².